The fourth-order valence-corrected chi connectivity index (χ4v) is 2.35. The summed E-state index contributed by atoms with van der Waals surface area (Å²) in [7, 11) is 0. The Labute approximate surface area is 134 Å². The fourth-order valence-electron chi connectivity index (χ4n) is 2.18. The molecule has 0 atom stereocenters. The predicted octanol–water partition coefficient (Wildman–Crippen LogP) is 4.93. The third kappa shape index (κ3) is 3.53. The van der Waals surface area contributed by atoms with Crippen LogP contribution in [0.1, 0.15) is 33.2 Å². The Morgan fingerprint density at radius 2 is 1.57 bits per heavy atom. The Morgan fingerprint density at radius 1 is 1.00 bits per heavy atom. The quantitative estimate of drug-likeness (QED) is 0.805. The number of rotatable bonds is 3. The molecule has 2 aromatic carbocycles. The second-order valence-corrected chi connectivity index (χ2v) is 5.25. The highest BCUT2D eigenvalue weighted by Gasteiger charge is 2.32. The summed E-state index contributed by atoms with van der Waals surface area (Å²) in [6.07, 6.45) is -4.64. The van der Waals surface area contributed by atoms with Gasteiger partial charge in [0.1, 0.15) is 0 Å². The average molecular weight is 343 g/mol. The summed E-state index contributed by atoms with van der Waals surface area (Å²) in [5.41, 5.74) is -1.42. The number of benzene rings is 2. The third-order valence-electron chi connectivity index (χ3n) is 3.23. The molecular formula is C16H10ClF3O3. The zero-order valence-corrected chi connectivity index (χ0v) is 12.5. The van der Waals surface area contributed by atoms with Crippen molar-refractivity contribution in [3.63, 3.8) is 0 Å². The molecular weight excluding hydrogens is 333 g/mol. The molecule has 2 rings (SSSR count). The molecule has 0 unspecified atom stereocenters. The van der Waals surface area contributed by atoms with Crippen LogP contribution in [0.15, 0.2) is 36.4 Å². The minimum absolute atomic E-state index is 0.0495. The van der Waals surface area contributed by atoms with Gasteiger partial charge >= 0.3 is 12.1 Å². The van der Waals surface area contributed by atoms with Crippen LogP contribution in [0.3, 0.4) is 0 Å². The number of carbonyl (C=O) groups is 2. The maximum absolute atomic E-state index is 12.9. The van der Waals surface area contributed by atoms with Crippen molar-refractivity contribution in [2.45, 2.75) is 13.1 Å². The van der Waals surface area contributed by atoms with Crippen molar-refractivity contribution in [2.24, 2.45) is 0 Å². The molecule has 0 aliphatic carbocycles. The van der Waals surface area contributed by atoms with Crippen molar-refractivity contribution in [1.29, 1.82) is 0 Å². The monoisotopic (exact) mass is 342 g/mol. The Morgan fingerprint density at radius 3 is 2.09 bits per heavy atom. The van der Waals surface area contributed by atoms with Crippen molar-refractivity contribution < 1.29 is 27.9 Å². The first kappa shape index (κ1) is 17.0. The highest BCUT2D eigenvalue weighted by atomic mass is 35.5. The molecule has 2 aromatic rings. The molecule has 0 spiro atoms. The van der Waals surface area contributed by atoms with E-state index in [1.54, 1.807) is 0 Å². The number of hydrogen-bond donors (Lipinski definition) is 1. The molecule has 0 heterocycles. The molecule has 0 radical (unpaired) electrons. The van der Waals surface area contributed by atoms with Crippen molar-refractivity contribution >= 4 is 23.4 Å². The van der Waals surface area contributed by atoms with E-state index >= 15 is 0 Å². The number of carbonyl (C=O) groups excluding carboxylic acids is 1. The van der Waals surface area contributed by atoms with Gasteiger partial charge in [-0.1, -0.05) is 11.6 Å². The minimum Gasteiger partial charge on any atom is -0.478 e. The Bertz CT molecular complexity index is 798. The number of carboxylic acid groups (broad SMARTS) is 1. The van der Waals surface area contributed by atoms with Crippen LogP contribution < -0.4 is 0 Å². The number of ketones is 1. The standard InChI is InChI=1S/C16H10ClF3O3/c1-8(21)11-5-3-10(17)7-14(11)13-6-9(16(18,19)20)2-4-12(13)15(22)23/h2-7H,1H3,(H,22,23). The lowest BCUT2D eigenvalue weighted by atomic mass is 9.92. The summed E-state index contributed by atoms with van der Waals surface area (Å²) < 4.78 is 38.7. The molecule has 0 aromatic heterocycles. The molecule has 3 nitrogen and oxygen atoms in total. The Hall–Kier alpha value is -2.34. The van der Waals surface area contributed by atoms with Gasteiger partial charge in [0, 0.05) is 10.6 Å². The van der Waals surface area contributed by atoms with Crippen molar-refractivity contribution in [2.75, 3.05) is 0 Å². The maximum atomic E-state index is 12.9. The lowest BCUT2D eigenvalue weighted by Gasteiger charge is -2.14. The zero-order chi connectivity index (χ0) is 17.4. The molecule has 23 heavy (non-hydrogen) atoms. The van der Waals surface area contributed by atoms with Crippen LogP contribution in [-0.4, -0.2) is 16.9 Å². The lowest BCUT2D eigenvalue weighted by Crippen LogP contribution is -2.09. The highest BCUT2D eigenvalue weighted by Crippen LogP contribution is 2.36. The van der Waals surface area contributed by atoms with Crippen LogP contribution >= 0.6 is 11.6 Å². The van der Waals surface area contributed by atoms with Crippen LogP contribution in [0.4, 0.5) is 13.2 Å². The number of halogens is 4. The van der Waals surface area contributed by atoms with Gasteiger partial charge in [0.05, 0.1) is 11.1 Å². The van der Waals surface area contributed by atoms with Gasteiger partial charge in [-0.25, -0.2) is 4.79 Å². The van der Waals surface area contributed by atoms with E-state index in [0.29, 0.717) is 12.1 Å². The van der Waals surface area contributed by atoms with E-state index in [2.05, 4.69) is 0 Å². The van der Waals surface area contributed by atoms with Crippen LogP contribution in [0.2, 0.25) is 5.02 Å². The summed E-state index contributed by atoms with van der Waals surface area (Å²) in [4.78, 5) is 23.0. The first-order valence-electron chi connectivity index (χ1n) is 6.36. The van der Waals surface area contributed by atoms with E-state index in [1.165, 1.54) is 25.1 Å². The first-order chi connectivity index (χ1) is 10.6. The number of carboxylic acids is 1. The van der Waals surface area contributed by atoms with Crippen LogP contribution in [-0.2, 0) is 6.18 Å². The van der Waals surface area contributed by atoms with Crippen LogP contribution in [0.5, 0.6) is 0 Å². The molecule has 0 amide bonds. The first-order valence-corrected chi connectivity index (χ1v) is 6.74. The summed E-state index contributed by atoms with van der Waals surface area (Å²) >= 11 is 5.85. The summed E-state index contributed by atoms with van der Waals surface area (Å²) in [5, 5.41) is 9.40. The van der Waals surface area contributed by atoms with Gasteiger partial charge in [-0.2, -0.15) is 13.2 Å². The van der Waals surface area contributed by atoms with E-state index in [9.17, 15) is 27.9 Å². The minimum atomic E-state index is -4.64. The van der Waals surface area contributed by atoms with Gasteiger partial charge < -0.3 is 5.11 Å². The van der Waals surface area contributed by atoms with E-state index in [-0.39, 0.29) is 27.3 Å². The van der Waals surface area contributed by atoms with Gasteiger partial charge in [0.2, 0.25) is 0 Å². The van der Waals surface area contributed by atoms with Crippen molar-refractivity contribution in [3.8, 4) is 11.1 Å². The third-order valence-corrected chi connectivity index (χ3v) is 3.46. The fraction of sp³-hybridized carbons (Fsp3) is 0.125. The second-order valence-electron chi connectivity index (χ2n) is 4.81. The maximum Gasteiger partial charge on any atom is 0.416 e. The number of alkyl halides is 3. The van der Waals surface area contributed by atoms with E-state index in [1.807, 2.05) is 0 Å². The van der Waals surface area contributed by atoms with E-state index in [4.69, 9.17) is 11.6 Å². The number of aromatic carboxylic acids is 1. The largest absolute Gasteiger partial charge is 0.478 e. The van der Waals surface area contributed by atoms with Crippen molar-refractivity contribution in [3.05, 3.63) is 58.1 Å². The normalized spacial score (nSPS) is 11.3. The highest BCUT2D eigenvalue weighted by molar-refractivity contribution is 6.31. The van der Waals surface area contributed by atoms with Gasteiger partial charge in [-0.15, -0.1) is 0 Å². The van der Waals surface area contributed by atoms with E-state index in [0.717, 1.165) is 6.07 Å². The molecule has 0 bridgehead atoms. The topological polar surface area (TPSA) is 54.4 Å². The lowest BCUT2D eigenvalue weighted by molar-refractivity contribution is -0.137. The van der Waals surface area contributed by atoms with Crippen molar-refractivity contribution in [1.82, 2.24) is 0 Å². The van der Waals surface area contributed by atoms with Gasteiger partial charge in [-0.3, -0.25) is 4.79 Å². The van der Waals surface area contributed by atoms with Crippen LogP contribution in [0, 0.1) is 0 Å². The van der Waals surface area contributed by atoms with Gasteiger partial charge in [0.25, 0.3) is 0 Å². The molecule has 120 valence electrons. The van der Waals surface area contributed by atoms with Gasteiger partial charge in [-0.05, 0) is 54.4 Å². The molecule has 0 saturated heterocycles. The zero-order valence-electron chi connectivity index (χ0n) is 11.7. The number of Topliss-reactive ketones (excluding diaryl/α,β-unsaturated/α-hetero) is 1. The summed E-state index contributed by atoms with van der Waals surface area (Å²) in [5.74, 6) is -1.81. The summed E-state index contributed by atoms with van der Waals surface area (Å²) in [6.45, 7) is 1.24. The smallest absolute Gasteiger partial charge is 0.416 e. The summed E-state index contributed by atoms with van der Waals surface area (Å²) in [6, 6.07) is 6.31. The number of hydrogen-bond acceptors (Lipinski definition) is 2. The molecule has 7 heteroatoms. The Balaban J connectivity index is 2.83. The molecule has 0 aliphatic rings. The Kier molecular flexibility index (Phi) is 4.47. The molecule has 0 aliphatic heterocycles. The molecule has 0 saturated carbocycles. The average Bonchev–Trinajstić information content (AvgIpc) is 2.45. The molecule has 1 N–H and O–H groups in total. The second kappa shape index (κ2) is 6.04. The molecule has 0 fully saturated rings. The predicted molar refractivity (Wildman–Crippen MR) is 78.9 cm³/mol. The van der Waals surface area contributed by atoms with Crippen LogP contribution in [0.25, 0.3) is 11.1 Å². The van der Waals surface area contributed by atoms with E-state index < -0.39 is 23.5 Å². The van der Waals surface area contributed by atoms with Gasteiger partial charge in [0.15, 0.2) is 5.78 Å². The SMILES string of the molecule is CC(=O)c1ccc(Cl)cc1-c1cc(C(F)(F)F)ccc1C(=O)O.